The zero-order valence-corrected chi connectivity index (χ0v) is 15.0. The Morgan fingerprint density at radius 2 is 1.63 bits per heavy atom. The molecule has 0 fully saturated rings. The van der Waals surface area contributed by atoms with E-state index in [-0.39, 0.29) is 18.2 Å². The second kappa shape index (κ2) is 9.03. The second-order valence-corrected chi connectivity index (χ2v) is 5.95. The fraction of sp³-hybridized carbons (Fsp3) is 0.182. The molecule has 3 aromatic carbocycles. The SMILES string of the molecule is CCOc1cc(CNc2ccc(F)cc2)ccc1OCc1ccccc1F. The quantitative estimate of drug-likeness (QED) is 0.564. The second-order valence-electron chi connectivity index (χ2n) is 5.95. The maximum atomic E-state index is 13.7. The molecule has 0 aromatic heterocycles. The van der Waals surface area contributed by atoms with Crippen molar-refractivity contribution in [2.45, 2.75) is 20.1 Å². The largest absolute Gasteiger partial charge is 0.490 e. The van der Waals surface area contributed by atoms with Crippen LogP contribution in [0.1, 0.15) is 18.1 Å². The van der Waals surface area contributed by atoms with Crippen LogP contribution < -0.4 is 14.8 Å². The number of hydrogen-bond donors (Lipinski definition) is 1. The predicted octanol–water partition coefficient (Wildman–Crippen LogP) is 5.55. The number of benzene rings is 3. The Morgan fingerprint density at radius 1 is 0.852 bits per heavy atom. The minimum Gasteiger partial charge on any atom is -0.490 e. The van der Waals surface area contributed by atoms with Crippen LogP contribution >= 0.6 is 0 Å². The van der Waals surface area contributed by atoms with E-state index < -0.39 is 0 Å². The van der Waals surface area contributed by atoms with Crippen LogP contribution in [0.5, 0.6) is 11.5 Å². The van der Waals surface area contributed by atoms with Crippen LogP contribution in [-0.2, 0) is 13.2 Å². The van der Waals surface area contributed by atoms with Gasteiger partial charge in [-0.2, -0.15) is 0 Å². The van der Waals surface area contributed by atoms with Gasteiger partial charge in [-0.25, -0.2) is 8.78 Å². The van der Waals surface area contributed by atoms with Crippen molar-refractivity contribution in [1.82, 2.24) is 0 Å². The molecule has 3 aromatic rings. The summed E-state index contributed by atoms with van der Waals surface area (Å²) in [6.07, 6.45) is 0. The van der Waals surface area contributed by atoms with E-state index >= 15 is 0 Å². The molecule has 0 aliphatic rings. The predicted molar refractivity (Wildman–Crippen MR) is 102 cm³/mol. The number of anilines is 1. The van der Waals surface area contributed by atoms with Gasteiger partial charge in [0.05, 0.1) is 6.61 Å². The molecule has 0 heterocycles. The summed E-state index contributed by atoms with van der Waals surface area (Å²) in [5.74, 6) is 0.601. The zero-order chi connectivity index (χ0) is 19.1. The lowest BCUT2D eigenvalue weighted by Crippen LogP contribution is -2.03. The summed E-state index contributed by atoms with van der Waals surface area (Å²) in [6.45, 7) is 3.06. The summed E-state index contributed by atoms with van der Waals surface area (Å²) in [7, 11) is 0. The summed E-state index contributed by atoms with van der Waals surface area (Å²) in [5.41, 5.74) is 2.30. The van der Waals surface area contributed by atoms with E-state index in [1.165, 1.54) is 18.2 Å². The summed E-state index contributed by atoms with van der Waals surface area (Å²) in [5, 5.41) is 3.23. The van der Waals surface area contributed by atoms with Crippen molar-refractivity contribution >= 4 is 5.69 Å². The molecular formula is C22H21F2NO2. The highest BCUT2D eigenvalue weighted by Crippen LogP contribution is 2.30. The maximum Gasteiger partial charge on any atom is 0.161 e. The number of nitrogens with one attached hydrogen (secondary N) is 1. The van der Waals surface area contributed by atoms with Gasteiger partial charge in [0.2, 0.25) is 0 Å². The minimum atomic E-state index is -0.296. The molecule has 0 spiro atoms. The van der Waals surface area contributed by atoms with E-state index in [1.807, 2.05) is 25.1 Å². The molecule has 0 aliphatic carbocycles. The van der Waals surface area contributed by atoms with E-state index in [0.29, 0.717) is 30.2 Å². The summed E-state index contributed by atoms with van der Waals surface area (Å²) in [6, 6.07) is 18.3. The van der Waals surface area contributed by atoms with Gasteiger partial charge in [0.1, 0.15) is 18.2 Å². The molecule has 0 bridgehead atoms. The van der Waals surface area contributed by atoms with Crippen LogP contribution in [-0.4, -0.2) is 6.61 Å². The van der Waals surface area contributed by atoms with Gasteiger partial charge in [-0.05, 0) is 55.0 Å². The first-order chi connectivity index (χ1) is 13.2. The number of ether oxygens (including phenoxy) is 2. The summed E-state index contributed by atoms with van der Waals surface area (Å²) in [4.78, 5) is 0. The normalized spacial score (nSPS) is 10.5. The van der Waals surface area contributed by atoms with Gasteiger partial charge in [0.25, 0.3) is 0 Å². The first-order valence-corrected chi connectivity index (χ1v) is 8.77. The van der Waals surface area contributed by atoms with Crippen LogP contribution in [0.15, 0.2) is 66.7 Å². The number of rotatable bonds is 8. The molecule has 0 unspecified atom stereocenters. The highest BCUT2D eigenvalue weighted by Gasteiger charge is 2.09. The summed E-state index contributed by atoms with van der Waals surface area (Å²) >= 11 is 0. The number of halogens is 2. The van der Waals surface area contributed by atoms with Crippen molar-refractivity contribution in [1.29, 1.82) is 0 Å². The lowest BCUT2D eigenvalue weighted by Gasteiger charge is -2.14. The van der Waals surface area contributed by atoms with Gasteiger partial charge in [0.15, 0.2) is 11.5 Å². The average Bonchev–Trinajstić information content (AvgIpc) is 2.68. The molecule has 1 N–H and O–H groups in total. The van der Waals surface area contributed by atoms with E-state index in [9.17, 15) is 8.78 Å². The molecule has 27 heavy (non-hydrogen) atoms. The molecule has 5 heteroatoms. The zero-order valence-electron chi connectivity index (χ0n) is 15.0. The molecule has 3 nitrogen and oxygen atoms in total. The highest BCUT2D eigenvalue weighted by molar-refractivity contribution is 5.47. The van der Waals surface area contributed by atoms with Gasteiger partial charge >= 0.3 is 0 Å². The Hall–Kier alpha value is -3.08. The lowest BCUT2D eigenvalue weighted by atomic mass is 10.2. The first kappa shape index (κ1) is 18.7. The van der Waals surface area contributed by atoms with Gasteiger partial charge in [-0.1, -0.05) is 24.3 Å². The Bertz CT molecular complexity index is 882. The highest BCUT2D eigenvalue weighted by atomic mass is 19.1. The topological polar surface area (TPSA) is 30.5 Å². The van der Waals surface area contributed by atoms with E-state index in [1.54, 1.807) is 30.3 Å². The van der Waals surface area contributed by atoms with Crippen LogP contribution in [0.25, 0.3) is 0 Å². The molecule has 140 valence electrons. The van der Waals surface area contributed by atoms with E-state index in [2.05, 4.69) is 5.32 Å². The molecular weight excluding hydrogens is 348 g/mol. The third-order valence-electron chi connectivity index (χ3n) is 3.99. The van der Waals surface area contributed by atoms with Crippen molar-refractivity contribution in [2.75, 3.05) is 11.9 Å². The van der Waals surface area contributed by atoms with Crippen molar-refractivity contribution in [3.8, 4) is 11.5 Å². The molecule has 0 amide bonds. The Kier molecular flexibility index (Phi) is 6.26. The fourth-order valence-electron chi connectivity index (χ4n) is 2.59. The standard InChI is InChI=1S/C22H21F2NO2/c1-2-26-22-13-16(14-25-19-10-8-18(23)9-11-19)7-12-21(22)27-15-17-5-3-4-6-20(17)24/h3-13,25H,2,14-15H2,1H3. The van der Waals surface area contributed by atoms with Crippen molar-refractivity contribution < 1.29 is 18.3 Å². The Labute approximate surface area is 157 Å². The van der Waals surface area contributed by atoms with E-state index in [0.717, 1.165) is 11.3 Å². The van der Waals surface area contributed by atoms with Crippen molar-refractivity contribution in [2.24, 2.45) is 0 Å². The smallest absolute Gasteiger partial charge is 0.161 e. The fourth-order valence-corrected chi connectivity index (χ4v) is 2.59. The van der Waals surface area contributed by atoms with Crippen LogP contribution in [0, 0.1) is 11.6 Å². The van der Waals surface area contributed by atoms with Crippen molar-refractivity contribution in [3.63, 3.8) is 0 Å². The number of hydrogen-bond acceptors (Lipinski definition) is 3. The maximum absolute atomic E-state index is 13.7. The summed E-state index contributed by atoms with van der Waals surface area (Å²) < 4.78 is 38.1. The first-order valence-electron chi connectivity index (χ1n) is 8.77. The molecule has 0 saturated heterocycles. The van der Waals surface area contributed by atoms with Crippen LogP contribution in [0.2, 0.25) is 0 Å². The lowest BCUT2D eigenvalue weighted by molar-refractivity contribution is 0.265. The monoisotopic (exact) mass is 369 g/mol. The Balaban J connectivity index is 1.68. The Morgan fingerprint density at radius 3 is 2.37 bits per heavy atom. The van der Waals surface area contributed by atoms with E-state index in [4.69, 9.17) is 9.47 Å². The third kappa shape index (κ3) is 5.20. The molecule has 0 radical (unpaired) electrons. The van der Waals surface area contributed by atoms with Crippen molar-refractivity contribution in [3.05, 3.63) is 89.5 Å². The van der Waals surface area contributed by atoms with Crippen LogP contribution in [0.3, 0.4) is 0 Å². The molecule has 0 aliphatic heterocycles. The van der Waals surface area contributed by atoms with Gasteiger partial charge in [-0.3, -0.25) is 0 Å². The average molecular weight is 369 g/mol. The van der Waals surface area contributed by atoms with Gasteiger partial charge in [0, 0.05) is 17.8 Å². The van der Waals surface area contributed by atoms with Gasteiger partial charge < -0.3 is 14.8 Å². The molecule has 3 rings (SSSR count). The third-order valence-corrected chi connectivity index (χ3v) is 3.99. The van der Waals surface area contributed by atoms with Gasteiger partial charge in [-0.15, -0.1) is 0 Å². The molecule has 0 atom stereocenters. The molecule has 0 saturated carbocycles. The minimum absolute atomic E-state index is 0.125. The van der Waals surface area contributed by atoms with Crippen LogP contribution in [0.4, 0.5) is 14.5 Å².